The number of carbonyl (C=O) groups excluding carboxylic acids is 2. The lowest BCUT2D eigenvalue weighted by Gasteiger charge is -2.57. The molecule has 1 heterocycles. The predicted molar refractivity (Wildman–Crippen MR) is 146 cm³/mol. The number of pyridine rings is 1. The van der Waals surface area contributed by atoms with E-state index in [4.69, 9.17) is 4.74 Å². The Kier molecular flexibility index (Phi) is 8.70. The molecule has 0 saturated heterocycles. The first-order valence-electron chi connectivity index (χ1n) is 14.4. The second kappa shape index (κ2) is 11.6. The number of aromatic nitrogens is 1. The topological polar surface area (TPSA) is 74.8 Å². The van der Waals surface area contributed by atoms with Gasteiger partial charge in [0, 0.05) is 45.6 Å². The lowest BCUT2D eigenvalue weighted by Crippen LogP contribution is -2.50. The van der Waals surface area contributed by atoms with Gasteiger partial charge >= 0.3 is 12.1 Å². The van der Waals surface area contributed by atoms with Crippen LogP contribution in [-0.2, 0) is 11.2 Å². The van der Waals surface area contributed by atoms with Crippen molar-refractivity contribution in [1.82, 2.24) is 20.1 Å². The van der Waals surface area contributed by atoms with Gasteiger partial charge < -0.3 is 19.9 Å². The maximum atomic E-state index is 13.4. The van der Waals surface area contributed by atoms with Gasteiger partial charge in [0.25, 0.3) is 0 Å². The molecule has 1 aromatic heterocycles. The summed E-state index contributed by atoms with van der Waals surface area (Å²) in [5.74, 6) is 3.03. The summed E-state index contributed by atoms with van der Waals surface area (Å²) >= 11 is 0. The van der Waals surface area contributed by atoms with Crippen molar-refractivity contribution in [2.45, 2.75) is 84.7 Å². The van der Waals surface area contributed by atoms with E-state index in [-0.39, 0.29) is 12.1 Å². The summed E-state index contributed by atoms with van der Waals surface area (Å²) in [6.45, 7) is 10.1. The number of amides is 3. The van der Waals surface area contributed by atoms with Crippen molar-refractivity contribution in [2.75, 3.05) is 33.2 Å². The number of ether oxygens (including phenoxy) is 1. The van der Waals surface area contributed by atoms with Crippen molar-refractivity contribution >= 4 is 12.1 Å². The van der Waals surface area contributed by atoms with Gasteiger partial charge in [-0.05, 0) is 119 Å². The summed E-state index contributed by atoms with van der Waals surface area (Å²) in [4.78, 5) is 33.5. The van der Waals surface area contributed by atoms with E-state index < -0.39 is 5.60 Å². The van der Waals surface area contributed by atoms with Crippen molar-refractivity contribution in [1.29, 1.82) is 0 Å². The molecule has 7 nitrogen and oxygen atoms in total. The number of nitrogens with one attached hydrogen (secondary N) is 1. The van der Waals surface area contributed by atoms with E-state index in [0.29, 0.717) is 31.0 Å². The molecule has 1 aromatic rings. The van der Waals surface area contributed by atoms with E-state index in [9.17, 15) is 9.59 Å². The third-order valence-electron chi connectivity index (χ3n) is 8.71. The number of likely N-dealkylation sites (N-methyl/N-ethyl adjacent to an activating group) is 1. The number of urea groups is 1. The normalized spacial score (nSPS) is 27.0. The summed E-state index contributed by atoms with van der Waals surface area (Å²) < 4.78 is 5.52. The molecule has 4 aliphatic rings. The van der Waals surface area contributed by atoms with E-state index in [1.165, 1.54) is 44.1 Å². The zero-order valence-corrected chi connectivity index (χ0v) is 23.7. The number of nitrogens with zero attached hydrogens (tertiary/aromatic N) is 3. The zero-order valence-electron chi connectivity index (χ0n) is 23.7. The second-order valence-corrected chi connectivity index (χ2v) is 13.4. The quantitative estimate of drug-likeness (QED) is 0.433. The minimum absolute atomic E-state index is 0.0242. The fourth-order valence-corrected chi connectivity index (χ4v) is 7.35. The van der Waals surface area contributed by atoms with Crippen molar-refractivity contribution in [2.24, 2.45) is 29.1 Å². The molecule has 5 rings (SSSR count). The molecule has 0 aliphatic heterocycles. The first-order valence-corrected chi connectivity index (χ1v) is 14.4. The van der Waals surface area contributed by atoms with Crippen LogP contribution in [-0.4, -0.2) is 65.7 Å². The average molecular weight is 513 g/mol. The van der Waals surface area contributed by atoms with Gasteiger partial charge in [-0.25, -0.2) is 9.59 Å². The molecule has 4 aliphatic carbocycles. The molecule has 1 unspecified atom stereocenters. The molecule has 1 N–H and O–H groups in total. The van der Waals surface area contributed by atoms with Crippen LogP contribution in [0.5, 0.6) is 0 Å². The summed E-state index contributed by atoms with van der Waals surface area (Å²) in [7, 11) is 1.75. The van der Waals surface area contributed by atoms with E-state index >= 15 is 0 Å². The van der Waals surface area contributed by atoms with Crippen molar-refractivity contribution < 1.29 is 14.3 Å². The fourth-order valence-electron chi connectivity index (χ4n) is 7.35. The van der Waals surface area contributed by atoms with Crippen molar-refractivity contribution in [3.05, 3.63) is 30.1 Å². The smallest absolute Gasteiger partial charge is 0.410 e. The van der Waals surface area contributed by atoms with Gasteiger partial charge in [-0.3, -0.25) is 4.98 Å². The van der Waals surface area contributed by atoms with E-state index in [2.05, 4.69) is 17.2 Å². The maximum Gasteiger partial charge on any atom is 0.410 e. The Morgan fingerprint density at radius 1 is 1.05 bits per heavy atom. The second-order valence-electron chi connectivity index (χ2n) is 13.4. The fraction of sp³-hybridized carbons (Fsp3) is 0.767. The monoisotopic (exact) mass is 512 g/mol. The van der Waals surface area contributed by atoms with Crippen LogP contribution >= 0.6 is 0 Å². The Morgan fingerprint density at radius 2 is 1.65 bits per heavy atom. The molecule has 0 aromatic carbocycles. The van der Waals surface area contributed by atoms with E-state index in [0.717, 1.165) is 37.1 Å². The summed E-state index contributed by atoms with van der Waals surface area (Å²) in [6, 6.07) is 4.04. The number of hydrogen-bond donors (Lipinski definition) is 1. The molecule has 0 radical (unpaired) electrons. The highest BCUT2D eigenvalue weighted by atomic mass is 16.6. The highest BCUT2D eigenvalue weighted by Gasteiger charge is 2.50. The van der Waals surface area contributed by atoms with Crippen LogP contribution < -0.4 is 5.32 Å². The van der Waals surface area contributed by atoms with Crippen molar-refractivity contribution in [3.8, 4) is 0 Å². The molecular weight excluding hydrogens is 464 g/mol. The Bertz CT molecular complexity index is 878. The number of rotatable bonds is 10. The van der Waals surface area contributed by atoms with Crippen LogP contribution in [0.1, 0.15) is 78.2 Å². The number of hydrogen-bond acceptors (Lipinski definition) is 4. The summed E-state index contributed by atoms with van der Waals surface area (Å²) in [5.41, 5.74) is 1.11. The predicted octanol–water partition coefficient (Wildman–Crippen LogP) is 5.75. The molecule has 4 bridgehead atoms. The average Bonchev–Trinajstić information content (AvgIpc) is 2.81. The molecule has 206 valence electrons. The summed E-state index contributed by atoms with van der Waals surface area (Å²) in [6.07, 6.45) is 13.6. The van der Waals surface area contributed by atoms with Gasteiger partial charge in [0.05, 0.1) is 0 Å². The Labute approximate surface area is 223 Å². The van der Waals surface area contributed by atoms with Crippen LogP contribution in [0.4, 0.5) is 9.59 Å². The van der Waals surface area contributed by atoms with Gasteiger partial charge in [-0.15, -0.1) is 0 Å². The van der Waals surface area contributed by atoms with Gasteiger partial charge in [0.2, 0.25) is 0 Å². The zero-order chi connectivity index (χ0) is 26.6. The minimum Gasteiger partial charge on any atom is -0.444 e. The van der Waals surface area contributed by atoms with Crippen LogP contribution in [0.2, 0.25) is 0 Å². The molecule has 4 saturated carbocycles. The van der Waals surface area contributed by atoms with Crippen LogP contribution in [0.15, 0.2) is 24.5 Å². The Morgan fingerprint density at radius 3 is 2.22 bits per heavy atom. The minimum atomic E-state index is -0.536. The van der Waals surface area contributed by atoms with Gasteiger partial charge in [-0.2, -0.15) is 0 Å². The first-order chi connectivity index (χ1) is 17.5. The molecule has 4 fully saturated rings. The third-order valence-corrected chi connectivity index (χ3v) is 8.71. The highest BCUT2D eigenvalue weighted by Crippen LogP contribution is 2.61. The lowest BCUT2D eigenvalue weighted by molar-refractivity contribution is -0.0597. The number of carbonyl (C=O) groups is 2. The summed E-state index contributed by atoms with van der Waals surface area (Å²) in [5, 5.41) is 3.19. The van der Waals surface area contributed by atoms with Crippen LogP contribution in [0.3, 0.4) is 0 Å². The van der Waals surface area contributed by atoms with E-state index in [1.54, 1.807) is 11.9 Å². The van der Waals surface area contributed by atoms with E-state index in [1.807, 2.05) is 50.2 Å². The molecule has 7 heteroatoms. The van der Waals surface area contributed by atoms with Gasteiger partial charge in [0.1, 0.15) is 5.60 Å². The molecule has 3 amide bonds. The third kappa shape index (κ3) is 7.84. The lowest BCUT2D eigenvalue weighted by atomic mass is 9.49. The first kappa shape index (κ1) is 27.7. The molecule has 37 heavy (non-hydrogen) atoms. The van der Waals surface area contributed by atoms with Crippen LogP contribution in [0.25, 0.3) is 0 Å². The SMILES string of the molecule is CC(CNC(=O)N(CCN(C)C(=O)OC(C)(C)C)CCC12CC3CC(CC(C3)C1)C2)Cc1ccncc1. The maximum absolute atomic E-state index is 13.4. The largest absolute Gasteiger partial charge is 0.444 e. The standard InChI is InChI=1S/C30H48N4O3/c1-22(14-23-6-9-31-10-7-23)21-32-27(35)34(13-12-33(5)28(36)37-29(2,3)4)11-8-30-18-24-15-25(19-30)17-26(16-24)20-30/h6-7,9-10,22,24-26H,8,11-21H2,1-5H3,(H,32,35). The molecule has 0 spiro atoms. The Hall–Kier alpha value is -2.31. The highest BCUT2D eigenvalue weighted by molar-refractivity contribution is 5.74. The Balaban J connectivity index is 1.34. The molecular formula is C30H48N4O3. The molecule has 1 atom stereocenters. The van der Waals surface area contributed by atoms with Gasteiger partial charge in [-0.1, -0.05) is 6.92 Å². The van der Waals surface area contributed by atoms with Gasteiger partial charge in [0.15, 0.2) is 0 Å². The van der Waals surface area contributed by atoms with Crippen molar-refractivity contribution in [3.63, 3.8) is 0 Å². The van der Waals surface area contributed by atoms with Crippen LogP contribution in [0, 0.1) is 29.1 Å².